The Balaban J connectivity index is 1.42. The van der Waals surface area contributed by atoms with Crippen LogP contribution in [0.25, 0.3) is 0 Å². The number of carbonyl (C=O) groups excluding carboxylic acids is 1. The first-order valence-corrected chi connectivity index (χ1v) is 12.0. The Kier molecular flexibility index (Phi) is 6.79. The van der Waals surface area contributed by atoms with E-state index in [1.165, 1.54) is 18.2 Å². The minimum Gasteiger partial charge on any atom is -0.322 e. The largest absolute Gasteiger partial charge is 0.322 e. The number of amides is 1. The van der Waals surface area contributed by atoms with Gasteiger partial charge in [0.05, 0.1) is 16.3 Å². The molecule has 0 aliphatic rings. The van der Waals surface area contributed by atoms with Gasteiger partial charge in [-0.1, -0.05) is 42.0 Å². The van der Waals surface area contributed by atoms with Gasteiger partial charge in [0.25, 0.3) is 15.9 Å². The summed E-state index contributed by atoms with van der Waals surface area (Å²) in [6.45, 7) is 1.88. The number of benzene rings is 4. The molecule has 170 valence electrons. The maximum absolute atomic E-state index is 12.7. The quantitative estimate of drug-likeness (QED) is 0.303. The van der Waals surface area contributed by atoms with Crippen molar-refractivity contribution in [3.8, 4) is 0 Å². The molecule has 0 fully saturated rings. The molecule has 0 aliphatic carbocycles. The van der Waals surface area contributed by atoms with Crippen molar-refractivity contribution in [2.24, 2.45) is 10.2 Å². The van der Waals surface area contributed by atoms with E-state index in [-0.39, 0.29) is 10.8 Å². The molecule has 0 aliphatic heterocycles. The summed E-state index contributed by atoms with van der Waals surface area (Å²) in [5.74, 6) is -0.366. The average molecular weight is 471 g/mol. The first-order valence-electron chi connectivity index (χ1n) is 10.5. The van der Waals surface area contributed by atoms with Crippen molar-refractivity contribution < 1.29 is 13.2 Å². The molecule has 2 N–H and O–H groups in total. The third-order valence-electron chi connectivity index (χ3n) is 4.87. The number of azo groups is 1. The molecule has 0 heterocycles. The van der Waals surface area contributed by atoms with Crippen LogP contribution in [0, 0.1) is 6.92 Å². The van der Waals surface area contributed by atoms with Crippen LogP contribution in [0.4, 0.5) is 22.7 Å². The van der Waals surface area contributed by atoms with Crippen LogP contribution in [0.15, 0.2) is 118 Å². The molecule has 0 unspecified atom stereocenters. The van der Waals surface area contributed by atoms with Crippen molar-refractivity contribution in [3.05, 3.63) is 114 Å². The monoisotopic (exact) mass is 470 g/mol. The van der Waals surface area contributed by atoms with Gasteiger partial charge in [0.1, 0.15) is 0 Å². The van der Waals surface area contributed by atoms with E-state index >= 15 is 0 Å². The molecule has 4 aromatic rings. The van der Waals surface area contributed by atoms with Crippen LogP contribution in [0.2, 0.25) is 0 Å². The zero-order valence-electron chi connectivity index (χ0n) is 18.3. The third kappa shape index (κ3) is 5.93. The van der Waals surface area contributed by atoms with Crippen molar-refractivity contribution in [2.75, 3.05) is 10.0 Å². The van der Waals surface area contributed by atoms with Crippen LogP contribution in [0.3, 0.4) is 0 Å². The smallest absolute Gasteiger partial charge is 0.261 e. The number of nitrogens with one attached hydrogen (secondary N) is 2. The molecule has 8 heteroatoms. The summed E-state index contributed by atoms with van der Waals surface area (Å²) in [7, 11) is -3.76. The first kappa shape index (κ1) is 22.9. The van der Waals surface area contributed by atoms with Gasteiger partial charge in [-0.05, 0) is 73.7 Å². The summed E-state index contributed by atoms with van der Waals surface area (Å²) < 4.78 is 27.8. The topological polar surface area (TPSA) is 100.0 Å². The lowest BCUT2D eigenvalue weighted by atomic mass is 10.2. The van der Waals surface area contributed by atoms with E-state index in [2.05, 4.69) is 20.3 Å². The molecule has 0 atom stereocenters. The van der Waals surface area contributed by atoms with Crippen LogP contribution >= 0.6 is 0 Å². The van der Waals surface area contributed by atoms with Crippen molar-refractivity contribution in [1.82, 2.24) is 0 Å². The lowest BCUT2D eigenvalue weighted by Gasteiger charge is -2.10. The highest BCUT2D eigenvalue weighted by atomic mass is 32.2. The number of hydrogen-bond acceptors (Lipinski definition) is 5. The van der Waals surface area contributed by atoms with Crippen molar-refractivity contribution in [3.63, 3.8) is 0 Å². The van der Waals surface area contributed by atoms with Crippen LogP contribution < -0.4 is 10.0 Å². The first-order chi connectivity index (χ1) is 16.4. The fraction of sp³-hybridized carbons (Fsp3) is 0.0385. The highest BCUT2D eigenvalue weighted by Gasteiger charge is 2.15. The average Bonchev–Trinajstić information content (AvgIpc) is 2.84. The number of aryl methyl sites for hydroxylation is 1. The number of hydrogen-bond donors (Lipinski definition) is 2. The van der Waals surface area contributed by atoms with E-state index in [0.29, 0.717) is 22.6 Å². The fourth-order valence-corrected chi connectivity index (χ4v) is 4.13. The van der Waals surface area contributed by atoms with E-state index in [4.69, 9.17) is 0 Å². The van der Waals surface area contributed by atoms with Crippen molar-refractivity contribution in [2.45, 2.75) is 11.8 Å². The SMILES string of the molecule is Cc1ccc(S(=O)(=O)Nc2cccc(C(=O)Nc3ccc(N=Nc4ccccc4)cc3)c2)cc1. The van der Waals surface area contributed by atoms with E-state index in [0.717, 1.165) is 11.3 Å². The lowest BCUT2D eigenvalue weighted by Crippen LogP contribution is -2.15. The minimum atomic E-state index is -3.76. The molecule has 0 radical (unpaired) electrons. The molecular formula is C26H22N4O3S. The third-order valence-corrected chi connectivity index (χ3v) is 6.27. The lowest BCUT2D eigenvalue weighted by molar-refractivity contribution is 0.102. The van der Waals surface area contributed by atoms with Gasteiger partial charge >= 0.3 is 0 Å². The van der Waals surface area contributed by atoms with Crippen LogP contribution in [-0.2, 0) is 10.0 Å². The minimum absolute atomic E-state index is 0.150. The van der Waals surface area contributed by atoms with Crippen LogP contribution in [-0.4, -0.2) is 14.3 Å². The molecular weight excluding hydrogens is 448 g/mol. The van der Waals surface area contributed by atoms with E-state index in [1.807, 2.05) is 37.3 Å². The molecule has 0 saturated heterocycles. The molecule has 7 nitrogen and oxygen atoms in total. The molecule has 4 rings (SSSR count). The summed E-state index contributed by atoms with van der Waals surface area (Å²) in [5.41, 5.74) is 3.55. The zero-order valence-corrected chi connectivity index (χ0v) is 19.2. The van der Waals surface area contributed by atoms with E-state index in [9.17, 15) is 13.2 Å². The van der Waals surface area contributed by atoms with Crippen molar-refractivity contribution in [1.29, 1.82) is 0 Å². The summed E-state index contributed by atoms with van der Waals surface area (Å²) >= 11 is 0. The zero-order chi connectivity index (χ0) is 24.0. The van der Waals surface area contributed by atoms with Crippen LogP contribution in [0.5, 0.6) is 0 Å². The Morgan fingerprint density at radius 3 is 2.03 bits per heavy atom. The summed E-state index contributed by atoms with van der Waals surface area (Å²) in [6, 6.07) is 29.2. The fourth-order valence-electron chi connectivity index (χ4n) is 3.08. The van der Waals surface area contributed by atoms with Crippen LogP contribution in [0.1, 0.15) is 15.9 Å². The van der Waals surface area contributed by atoms with Gasteiger partial charge in [0.15, 0.2) is 0 Å². The predicted molar refractivity (Wildman–Crippen MR) is 133 cm³/mol. The number of carbonyl (C=O) groups is 1. The predicted octanol–water partition coefficient (Wildman–Crippen LogP) is 6.46. The Morgan fingerprint density at radius 2 is 1.35 bits per heavy atom. The number of nitrogens with zero attached hydrogens (tertiary/aromatic N) is 2. The molecule has 0 saturated carbocycles. The van der Waals surface area contributed by atoms with Gasteiger partial charge < -0.3 is 5.32 Å². The number of rotatable bonds is 7. The van der Waals surface area contributed by atoms with Gasteiger partial charge in [0.2, 0.25) is 0 Å². The molecule has 0 bridgehead atoms. The Morgan fingerprint density at radius 1 is 0.706 bits per heavy atom. The molecule has 0 aromatic heterocycles. The standard InChI is InChI=1S/C26H22N4O3S/c1-19-10-16-25(17-11-19)34(32,33)30-24-9-5-6-20(18-24)26(31)27-21-12-14-23(15-13-21)29-28-22-7-3-2-4-8-22/h2-18,30H,1H3,(H,27,31). The summed E-state index contributed by atoms with van der Waals surface area (Å²) in [4.78, 5) is 12.9. The summed E-state index contributed by atoms with van der Waals surface area (Å²) in [5, 5.41) is 11.1. The maximum Gasteiger partial charge on any atom is 0.261 e. The highest BCUT2D eigenvalue weighted by molar-refractivity contribution is 7.92. The van der Waals surface area contributed by atoms with Gasteiger partial charge in [-0.2, -0.15) is 10.2 Å². The summed E-state index contributed by atoms with van der Waals surface area (Å²) in [6.07, 6.45) is 0. The second-order valence-corrected chi connectivity index (χ2v) is 9.22. The maximum atomic E-state index is 12.7. The normalized spacial score (nSPS) is 11.3. The second-order valence-electron chi connectivity index (χ2n) is 7.54. The Labute approximate surface area is 198 Å². The van der Waals surface area contributed by atoms with E-state index in [1.54, 1.807) is 54.6 Å². The van der Waals surface area contributed by atoms with Gasteiger partial charge in [-0.3, -0.25) is 9.52 Å². The second kappa shape index (κ2) is 10.1. The molecule has 0 spiro atoms. The van der Waals surface area contributed by atoms with Gasteiger partial charge in [-0.15, -0.1) is 0 Å². The Bertz CT molecular complexity index is 1420. The molecule has 1 amide bonds. The highest BCUT2D eigenvalue weighted by Crippen LogP contribution is 2.22. The number of sulfonamides is 1. The molecule has 34 heavy (non-hydrogen) atoms. The van der Waals surface area contributed by atoms with Gasteiger partial charge in [0, 0.05) is 16.9 Å². The number of anilines is 2. The van der Waals surface area contributed by atoms with Gasteiger partial charge in [-0.25, -0.2) is 8.42 Å². The molecule has 4 aromatic carbocycles. The van der Waals surface area contributed by atoms with E-state index < -0.39 is 10.0 Å². The Hall–Kier alpha value is -4.30. The van der Waals surface area contributed by atoms with Crippen molar-refractivity contribution >= 4 is 38.7 Å².